The highest BCUT2D eigenvalue weighted by molar-refractivity contribution is 5.69. The van der Waals surface area contributed by atoms with E-state index in [9.17, 15) is 4.79 Å². The number of hydrogen-bond acceptors (Lipinski definition) is 2. The smallest absolute Gasteiger partial charge is 0.304 e. The summed E-state index contributed by atoms with van der Waals surface area (Å²) < 4.78 is 0. The number of carbonyl (C=O) groups is 1. The molecule has 0 saturated carbocycles. The fourth-order valence-corrected chi connectivity index (χ4v) is 1.78. The van der Waals surface area contributed by atoms with Gasteiger partial charge in [-0.3, -0.25) is 4.79 Å². The van der Waals surface area contributed by atoms with Crippen LogP contribution in [0.4, 0.5) is 0 Å². The Hall–Kier alpha value is -2.29. The quantitative estimate of drug-likeness (QED) is 0.755. The Kier molecular flexibility index (Phi) is 5.45. The Morgan fingerprint density at radius 3 is 2.56 bits per heavy atom. The molecule has 0 bridgehead atoms. The second kappa shape index (κ2) is 7.12. The van der Waals surface area contributed by atoms with Gasteiger partial charge in [0.15, 0.2) is 0 Å². The number of hydrogen-bond donors (Lipinski definition) is 2. The Morgan fingerprint density at radius 1 is 1.39 bits per heavy atom. The van der Waals surface area contributed by atoms with E-state index in [2.05, 4.69) is 6.58 Å². The molecular formula is C15H17NO2. The van der Waals surface area contributed by atoms with Crippen molar-refractivity contribution in [1.29, 1.82) is 0 Å². The summed E-state index contributed by atoms with van der Waals surface area (Å²) in [4.78, 5) is 11.0. The molecule has 0 heterocycles. The van der Waals surface area contributed by atoms with Crippen LogP contribution in [0.5, 0.6) is 0 Å². The number of carboxylic acids is 1. The topological polar surface area (TPSA) is 63.3 Å². The molecule has 0 aliphatic heterocycles. The van der Waals surface area contributed by atoms with E-state index in [0.29, 0.717) is 0 Å². The van der Waals surface area contributed by atoms with Crippen LogP contribution in [-0.4, -0.2) is 11.1 Å². The molecule has 1 atom stereocenters. The van der Waals surface area contributed by atoms with Crippen molar-refractivity contribution in [2.24, 2.45) is 5.73 Å². The first kappa shape index (κ1) is 13.8. The van der Waals surface area contributed by atoms with Crippen LogP contribution >= 0.6 is 0 Å². The molecule has 0 aromatic heterocycles. The molecule has 3 N–H and O–H groups in total. The molecule has 1 rings (SSSR count). The van der Waals surface area contributed by atoms with Crippen molar-refractivity contribution in [2.75, 3.05) is 0 Å². The van der Waals surface area contributed by atoms with Crippen molar-refractivity contribution < 1.29 is 9.90 Å². The summed E-state index contributed by atoms with van der Waals surface area (Å²) in [5, 5.41) is 9.01. The van der Waals surface area contributed by atoms with E-state index in [0.717, 1.165) is 11.1 Å². The zero-order valence-corrected chi connectivity index (χ0v) is 10.1. The van der Waals surface area contributed by atoms with Gasteiger partial charge in [0.2, 0.25) is 0 Å². The predicted molar refractivity (Wildman–Crippen MR) is 73.0 cm³/mol. The van der Waals surface area contributed by atoms with E-state index in [1.54, 1.807) is 18.2 Å². The highest BCUT2D eigenvalue weighted by Crippen LogP contribution is 2.28. The summed E-state index contributed by atoms with van der Waals surface area (Å²) in [5.74, 6) is -1.05. The van der Waals surface area contributed by atoms with Crippen molar-refractivity contribution in [1.82, 2.24) is 0 Å². The van der Waals surface area contributed by atoms with Gasteiger partial charge in [-0.2, -0.15) is 0 Å². The minimum atomic E-state index is -0.840. The van der Waals surface area contributed by atoms with E-state index < -0.39 is 5.97 Å². The SMILES string of the molecule is C=C/C(=C\C=C/N)C(CC(=O)O)c1ccccc1. The second-order valence-electron chi connectivity index (χ2n) is 3.82. The van der Waals surface area contributed by atoms with Crippen molar-refractivity contribution in [3.05, 3.63) is 72.5 Å². The van der Waals surface area contributed by atoms with Gasteiger partial charge in [-0.1, -0.05) is 49.1 Å². The summed E-state index contributed by atoms with van der Waals surface area (Å²) in [7, 11) is 0. The van der Waals surface area contributed by atoms with Gasteiger partial charge in [-0.05, 0) is 23.4 Å². The average Bonchev–Trinajstić information content (AvgIpc) is 2.39. The normalized spacial score (nSPS) is 13.4. The van der Waals surface area contributed by atoms with Crippen LogP contribution in [0.3, 0.4) is 0 Å². The van der Waals surface area contributed by atoms with E-state index in [4.69, 9.17) is 10.8 Å². The van der Waals surface area contributed by atoms with Gasteiger partial charge in [0.25, 0.3) is 0 Å². The Balaban J connectivity index is 3.12. The van der Waals surface area contributed by atoms with Crippen molar-refractivity contribution >= 4 is 5.97 Å². The molecule has 0 aliphatic rings. The van der Waals surface area contributed by atoms with Crippen LogP contribution in [0, 0.1) is 0 Å². The molecule has 3 heteroatoms. The lowest BCUT2D eigenvalue weighted by Gasteiger charge is -2.16. The van der Waals surface area contributed by atoms with Crippen LogP contribution in [0.15, 0.2) is 66.9 Å². The first-order valence-corrected chi connectivity index (χ1v) is 5.66. The summed E-state index contributed by atoms with van der Waals surface area (Å²) in [6.07, 6.45) is 6.57. The molecule has 3 nitrogen and oxygen atoms in total. The van der Waals surface area contributed by atoms with Gasteiger partial charge in [0, 0.05) is 5.92 Å². The van der Waals surface area contributed by atoms with Crippen LogP contribution in [0.2, 0.25) is 0 Å². The van der Waals surface area contributed by atoms with E-state index in [1.165, 1.54) is 6.20 Å². The third kappa shape index (κ3) is 3.94. The third-order valence-electron chi connectivity index (χ3n) is 2.62. The van der Waals surface area contributed by atoms with Gasteiger partial charge in [-0.15, -0.1) is 0 Å². The number of allylic oxidation sites excluding steroid dienone is 4. The standard InChI is InChI=1S/C15H17NO2/c1-2-12(9-6-10-16)14(11-15(17)18)13-7-4-3-5-8-13/h2-10,14H,1,11,16H2,(H,17,18)/b10-6-,12-9+. The largest absolute Gasteiger partial charge is 0.481 e. The lowest BCUT2D eigenvalue weighted by atomic mass is 9.88. The molecule has 0 amide bonds. The summed E-state index contributed by atoms with van der Waals surface area (Å²) >= 11 is 0. The number of carboxylic acid groups (broad SMARTS) is 1. The molecule has 18 heavy (non-hydrogen) atoms. The average molecular weight is 243 g/mol. The lowest BCUT2D eigenvalue weighted by molar-refractivity contribution is -0.137. The van der Waals surface area contributed by atoms with Gasteiger partial charge in [0.05, 0.1) is 6.42 Å². The van der Waals surface area contributed by atoms with Crippen LogP contribution in [-0.2, 0) is 4.79 Å². The van der Waals surface area contributed by atoms with E-state index in [-0.39, 0.29) is 12.3 Å². The lowest BCUT2D eigenvalue weighted by Crippen LogP contribution is -2.08. The highest BCUT2D eigenvalue weighted by Gasteiger charge is 2.17. The number of nitrogens with two attached hydrogens (primary N) is 1. The Morgan fingerprint density at radius 2 is 2.06 bits per heavy atom. The maximum Gasteiger partial charge on any atom is 0.304 e. The fraction of sp³-hybridized carbons (Fsp3) is 0.133. The molecular weight excluding hydrogens is 226 g/mol. The molecule has 1 aromatic carbocycles. The van der Waals surface area contributed by atoms with Gasteiger partial charge in [0.1, 0.15) is 0 Å². The molecule has 1 aromatic rings. The first-order valence-electron chi connectivity index (χ1n) is 5.66. The van der Waals surface area contributed by atoms with Crippen LogP contribution in [0.1, 0.15) is 17.9 Å². The zero-order chi connectivity index (χ0) is 13.4. The monoisotopic (exact) mass is 243 g/mol. The van der Waals surface area contributed by atoms with Crippen molar-refractivity contribution in [3.8, 4) is 0 Å². The van der Waals surface area contributed by atoms with E-state index >= 15 is 0 Å². The predicted octanol–water partition coefficient (Wildman–Crippen LogP) is 2.83. The third-order valence-corrected chi connectivity index (χ3v) is 2.62. The molecule has 0 fully saturated rings. The fourth-order valence-electron chi connectivity index (χ4n) is 1.78. The molecule has 0 radical (unpaired) electrons. The Bertz CT molecular complexity index is 461. The van der Waals surface area contributed by atoms with Crippen molar-refractivity contribution in [2.45, 2.75) is 12.3 Å². The first-order chi connectivity index (χ1) is 8.69. The van der Waals surface area contributed by atoms with Gasteiger partial charge in [-0.25, -0.2) is 0 Å². The zero-order valence-electron chi connectivity index (χ0n) is 10.1. The van der Waals surface area contributed by atoms with Gasteiger partial charge >= 0.3 is 5.97 Å². The molecule has 94 valence electrons. The van der Waals surface area contributed by atoms with E-state index in [1.807, 2.05) is 30.3 Å². The maximum atomic E-state index is 11.0. The molecule has 0 spiro atoms. The minimum Gasteiger partial charge on any atom is -0.481 e. The number of rotatable bonds is 6. The maximum absolute atomic E-state index is 11.0. The Labute approximate surface area is 107 Å². The molecule has 0 saturated heterocycles. The minimum absolute atomic E-state index is 0.0281. The second-order valence-corrected chi connectivity index (χ2v) is 3.82. The van der Waals surface area contributed by atoms with Crippen LogP contribution in [0.25, 0.3) is 0 Å². The molecule has 1 unspecified atom stereocenters. The number of benzene rings is 1. The summed E-state index contributed by atoms with van der Waals surface area (Å²) in [5.41, 5.74) is 7.09. The molecule has 0 aliphatic carbocycles. The van der Waals surface area contributed by atoms with Crippen molar-refractivity contribution in [3.63, 3.8) is 0 Å². The van der Waals surface area contributed by atoms with Gasteiger partial charge < -0.3 is 10.8 Å². The number of aliphatic carboxylic acids is 1. The van der Waals surface area contributed by atoms with Crippen LogP contribution < -0.4 is 5.73 Å². The summed E-state index contributed by atoms with van der Waals surface area (Å²) in [6, 6.07) is 9.51. The highest BCUT2D eigenvalue weighted by atomic mass is 16.4. The summed E-state index contributed by atoms with van der Waals surface area (Å²) in [6.45, 7) is 3.73.